The van der Waals surface area contributed by atoms with Crippen molar-refractivity contribution in [2.24, 2.45) is 0 Å². The summed E-state index contributed by atoms with van der Waals surface area (Å²) in [6, 6.07) is 0. The Hall–Kier alpha value is 0.270. The topological polar surface area (TPSA) is 12.5 Å². The Morgan fingerprint density at radius 1 is 1.14 bits per heavy atom. The third kappa shape index (κ3) is 4.67. The molecule has 1 aliphatic rings. The molecule has 0 amide bonds. The molecule has 0 aliphatic carbocycles. The molecule has 0 radical (unpaired) electrons. The van der Waals surface area contributed by atoms with Crippen molar-refractivity contribution in [1.29, 1.82) is 0 Å². The number of thiol groups is 1. The van der Waals surface area contributed by atoms with Gasteiger partial charge in [-0.25, -0.2) is 0 Å². The summed E-state index contributed by atoms with van der Waals surface area (Å²) >= 11 is 4.22. The van der Waals surface area contributed by atoms with Crippen molar-refractivity contribution in [2.45, 2.75) is 45.3 Å². The number of hydrogen-bond donors (Lipinski definition) is 1. The summed E-state index contributed by atoms with van der Waals surface area (Å²) in [6.07, 6.45) is 4.68. The fourth-order valence-electron chi connectivity index (χ4n) is 2.09. The van der Waals surface area contributed by atoms with Crippen LogP contribution in [0.1, 0.15) is 33.1 Å². The van der Waals surface area contributed by atoms with Gasteiger partial charge in [-0.3, -0.25) is 4.90 Å². The lowest BCUT2D eigenvalue weighted by molar-refractivity contribution is -0.0681. The first kappa shape index (κ1) is 12.3. The SMILES string of the molecule is C[C@@H]1CN(CCCCCS)C[C@H](C)O1. The molecule has 1 heterocycles. The van der Waals surface area contributed by atoms with E-state index in [0.29, 0.717) is 12.2 Å². The minimum atomic E-state index is 0.406. The minimum absolute atomic E-state index is 0.406. The highest BCUT2D eigenvalue weighted by atomic mass is 32.1. The van der Waals surface area contributed by atoms with Crippen LogP contribution in [0.2, 0.25) is 0 Å². The lowest BCUT2D eigenvalue weighted by Gasteiger charge is -2.35. The molecule has 0 aromatic heterocycles. The van der Waals surface area contributed by atoms with Crippen LogP contribution in [-0.2, 0) is 4.74 Å². The second kappa shape index (κ2) is 6.70. The molecule has 0 saturated carbocycles. The Balaban J connectivity index is 2.10. The highest BCUT2D eigenvalue weighted by Gasteiger charge is 2.21. The number of morpholine rings is 1. The molecule has 2 atom stereocenters. The average molecular weight is 217 g/mol. The lowest BCUT2D eigenvalue weighted by Crippen LogP contribution is -2.45. The number of ether oxygens (including phenoxy) is 1. The van der Waals surface area contributed by atoms with Crippen LogP contribution in [-0.4, -0.2) is 42.5 Å². The fraction of sp³-hybridized carbons (Fsp3) is 1.00. The van der Waals surface area contributed by atoms with E-state index in [9.17, 15) is 0 Å². The van der Waals surface area contributed by atoms with E-state index >= 15 is 0 Å². The summed E-state index contributed by atoms with van der Waals surface area (Å²) in [5, 5.41) is 0. The quantitative estimate of drug-likeness (QED) is 0.560. The zero-order valence-electron chi connectivity index (χ0n) is 9.41. The number of hydrogen-bond acceptors (Lipinski definition) is 3. The molecule has 1 saturated heterocycles. The van der Waals surface area contributed by atoms with Gasteiger partial charge in [-0.15, -0.1) is 0 Å². The molecule has 1 fully saturated rings. The summed E-state index contributed by atoms with van der Waals surface area (Å²) in [6.45, 7) is 7.76. The molecule has 1 aliphatic heterocycles. The Morgan fingerprint density at radius 3 is 2.36 bits per heavy atom. The van der Waals surface area contributed by atoms with Gasteiger partial charge in [-0.1, -0.05) is 6.42 Å². The molecule has 0 N–H and O–H groups in total. The van der Waals surface area contributed by atoms with E-state index in [2.05, 4.69) is 31.4 Å². The van der Waals surface area contributed by atoms with Gasteiger partial charge in [0.15, 0.2) is 0 Å². The van der Waals surface area contributed by atoms with Crippen molar-refractivity contribution in [3.63, 3.8) is 0 Å². The van der Waals surface area contributed by atoms with Crippen LogP contribution in [0.5, 0.6) is 0 Å². The van der Waals surface area contributed by atoms with Gasteiger partial charge in [0, 0.05) is 13.1 Å². The molecule has 1 rings (SSSR count). The molecular formula is C11H23NOS. The molecular weight excluding hydrogens is 194 g/mol. The largest absolute Gasteiger partial charge is 0.373 e. The van der Waals surface area contributed by atoms with Crippen molar-refractivity contribution in [2.75, 3.05) is 25.4 Å². The van der Waals surface area contributed by atoms with Gasteiger partial charge in [0.1, 0.15) is 0 Å². The molecule has 0 unspecified atom stereocenters. The minimum Gasteiger partial charge on any atom is -0.373 e. The van der Waals surface area contributed by atoms with E-state index in [1.54, 1.807) is 0 Å². The van der Waals surface area contributed by atoms with Gasteiger partial charge in [0.2, 0.25) is 0 Å². The van der Waals surface area contributed by atoms with Crippen molar-refractivity contribution in [3.05, 3.63) is 0 Å². The molecule has 0 aromatic rings. The Bertz CT molecular complexity index is 144. The predicted molar refractivity (Wildman–Crippen MR) is 64.2 cm³/mol. The van der Waals surface area contributed by atoms with E-state index in [4.69, 9.17) is 4.74 Å². The maximum absolute atomic E-state index is 5.69. The van der Waals surface area contributed by atoms with E-state index in [1.165, 1.54) is 25.8 Å². The Kier molecular flexibility index (Phi) is 5.90. The molecule has 0 spiro atoms. The van der Waals surface area contributed by atoms with Crippen LogP contribution < -0.4 is 0 Å². The summed E-state index contributed by atoms with van der Waals surface area (Å²) < 4.78 is 5.69. The lowest BCUT2D eigenvalue weighted by atomic mass is 10.2. The zero-order chi connectivity index (χ0) is 10.4. The number of rotatable bonds is 5. The van der Waals surface area contributed by atoms with Gasteiger partial charge in [-0.2, -0.15) is 12.6 Å². The Labute approximate surface area is 93.4 Å². The Morgan fingerprint density at radius 2 is 1.79 bits per heavy atom. The molecule has 2 nitrogen and oxygen atoms in total. The first-order chi connectivity index (χ1) is 6.72. The number of nitrogens with zero attached hydrogens (tertiary/aromatic N) is 1. The van der Waals surface area contributed by atoms with Gasteiger partial charge >= 0.3 is 0 Å². The van der Waals surface area contributed by atoms with Crippen LogP contribution in [0.4, 0.5) is 0 Å². The zero-order valence-corrected chi connectivity index (χ0v) is 10.3. The molecule has 0 aromatic carbocycles. The second-order valence-electron chi connectivity index (χ2n) is 4.30. The first-order valence-electron chi connectivity index (χ1n) is 5.71. The summed E-state index contributed by atoms with van der Waals surface area (Å²) in [7, 11) is 0. The summed E-state index contributed by atoms with van der Waals surface area (Å²) in [5.41, 5.74) is 0. The van der Waals surface area contributed by atoms with E-state index < -0.39 is 0 Å². The van der Waals surface area contributed by atoms with E-state index in [-0.39, 0.29) is 0 Å². The molecule has 14 heavy (non-hydrogen) atoms. The van der Waals surface area contributed by atoms with E-state index in [0.717, 1.165) is 18.8 Å². The van der Waals surface area contributed by atoms with Gasteiger partial charge in [0.05, 0.1) is 12.2 Å². The molecule has 3 heteroatoms. The van der Waals surface area contributed by atoms with Crippen molar-refractivity contribution < 1.29 is 4.74 Å². The highest BCUT2D eigenvalue weighted by molar-refractivity contribution is 7.80. The van der Waals surface area contributed by atoms with Gasteiger partial charge in [-0.05, 0) is 39.0 Å². The standard InChI is InChI=1S/C11H23NOS/c1-10-8-12(9-11(2)13-10)6-4-3-5-7-14/h10-11,14H,3-9H2,1-2H3/t10-,11+. The fourth-order valence-corrected chi connectivity index (χ4v) is 2.31. The third-order valence-electron chi connectivity index (χ3n) is 2.63. The average Bonchev–Trinajstić information content (AvgIpc) is 2.11. The summed E-state index contributed by atoms with van der Waals surface area (Å²) in [5.74, 6) is 1.02. The van der Waals surface area contributed by atoms with Gasteiger partial charge in [0.25, 0.3) is 0 Å². The van der Waals surface area contributed by atoms with Crippen molar-refractivity contribution in [3.8, 4) is 0 Å². The second-order valence-corrected chi connectivity index (χ2v) is 4.75. The maximum atomic E-state index is 5.69. The van der Waals surface area contributed by atoms with E-state index in [1.807, 2.05) is 0 Å². The van der Waals surface area contributed by atoms with Gasteiger partial charge < -0.3 is 4.74 Å². The molecule has 0 bridgehead atoms. The van der Waals surface area contributed by atoms with Crippen LogP contribution in [0, 0.1) is 0 Å². The maximum Gasteiger partial charge on any atom is 0.0678 e. The highest BCUT2D eigenvalue weighted by Crippen LogP contribution is 2.11. The smallest absolute Gasteiger partial charge is 0.0678 e. The van der Waals surface area contributed by atoms with Crippen LogP contribution in [0.25, 0.3) is 0 Å². The third-order valence-corrected chi connectivity index (χ3v) is 2.94. The normalized spacial score (nSPS) is 29.4. The first-order valence-corrected chi connectivity index (χ1v) is 6.34. The van der Waals surface area contributed by atoms with Crippen molar-refractivity contribution >= 4 is 12.6 Å². The number of unbranched alkanes of at least 4 members (excludes halogenated alkanes) is 2. The van der Waals surface area contributed by atoms with Crippen LogP contribution in [0.15, 0.2) is 0 Å². The van der Waals surface area contributed by atoms with Crippen LogP contribution in [0.3, 0.4) is 0 Å². The van der Waals surface area contributed by atoms with Crippen LogP contribution >= 0.6 is 12.6 Å². The predicted octanol–water partition coefficient (Wildman–Crippen LogP) is 2.20. The summed E-state index contributed by atoms with van der Waals surface area (Å²) in [4.78, 5) is 2.53. The monoisotopic (exact) mass is 217 g/mol. The van der Waals surface area contributed by atoms with Crippen molar-refractivity contribution in [1.82, 2.24) is 4.90 Å². The molecule has 84 valence electrons.